The molecule has 2 N–H and O–H groups in total. The van der Waals surface area contributed by atoms with Crippen molar-refractivity contribution in [1.82, 2.24) is 24.6 Å². The number of aromatic nitrogens is 5. The number of ether oxygens (including phenoxy) is 2. The van der Waals surface area contributed by atoms with Crippen LogP contribution < -0.4 is 16.3 Å². The van der Waals surface area contributed by atoms with Crippen LogP contribution >= 0.6 is 0 Å². The van der Waals surface area contributed by atoms with E-state index in [2.05, 4.69) is 0 Å². The normalized spacial score (nSPS) is 30.4. The van der Waals surface area contributed by atoms with Gasteiger partial charge in [0.2, 0.25) is 5.95 Å². The first-order valence-electron chi connectivity index (χ1n) is 13.6. The van der Waals surface area contributed by atoms with Crippen molar-refractivity contribution in [2.24, 2.45) is 11.8 Å². The average Bonchev–Trinajstić information content (AvgIpc) is 3.42. The van der Waals surface area contributed by atoms with Crippen molar-refractivity contribution in [2.45, 2.75) is 62.8 Å². The number of rotatable bonds is 4. The van der Waals surface area contributed by atoms with Gasteiger partial charge in [0.15, 0.2) is 5.65 Å². The predicted octanol–water partition coefficient (Wildman–Crippen LogP) is 2.91. The molecule has 10 nitrogen and oxygen atoms in total. The fraction of sp³-hybridized carbons (Fsp3) is 0.593. The van der Waals surface area contributed by atoms with E-state index in [1.807, 2.05) is 18.7 Å². The quantitative estimate of drug-likeness (QED) is 0.483. The number of halogens is 3. The fourth-order valence-electron chi connectivity index (χ4n) is 6.99. The summed E-state index contributed by atoms with van der Waals surface area (Å²) >= 11 is 0. The van der Waals surface area contributed by atoms with E-state index < -0.39 is 29.5 Å². The summed E-state index contributed by atoms with van der Waals surface area (Å²) in [6.45, 7) is 5.75. The summed E-state index contributed by atoms with van der Waals surface area (Å²) in [7, 11) is 0. The molecule has 2 aliphatic heterocycles. The van der Waals surface area contributed by atoms with Crippen LogP contribution in [0.5, 0.6) is 0 Å². The Morgan fingerprint density at radius 1 is 1.07 bits per heavy atom. The Morgan fingerprint density at radius 3 is 2.50 bits per heavy atom. The lowest BCUT2D eigenvalue weighted by Gasteiger charge is -2.40. The highest BCUT2D eigenvalue weighted by Gasteiger charge is 2.65. The molecule has 3 unspecified atom stereocenters. The Bertz CT molecular complexity index is 1550. The first kappa shape index (κ1) is 25.6. The van der Waals surface area contributed by atoms with Crippen LogP contribution in [-0.4, -0.2) is 63.2 Å². The minimum absolute atomic E-state index is 0.00430. The largest absolute Gasteiger partial charge is 0.392 e. The van der Waals surface area contributed by atoms with Crippen LogP contribution in [0.25, 0.3) is 11.2 Å². The lowest BCUT2D eigenvalue weighted by molar-refractivity contribution is -0.180. The Balaban J connectivity index is 1.32. The van der Waals surface area contributed by atoms with E-state index in [4.69, 9.17) is 35.3 Å². The number of morpholine rings is 1. The Labute approximate surface area is 227 Å². The zero-order valence-electron chi connectivity index (χ0n) is 22.2. The summed E-state index contributed by atoms with van der Waals surface area (Å²) in [4.78, 5) is 33.3. The number of pyridine rings is 1. The van der Waals surface area contributed by atoms with Gasteiger partial charge in [0.05, 0.1) is 48.9 Å². The lowest BCUT2D eigenvalue weighted by Crippen LogP contribution is -2.44. The molecule has 3 aromatic rings. The molecule has 5 aliphatic rings. The minimum Gasteiger partial charge on any atom is -0.380 e. The Morgan fingerprint density at radius 2 is 1.85 bits per heavy atom. The topological polar surface area (TPSA) is 121 Å². The molecule has 3 atom stereocenters. The zero-order valence-corrected chi connectivity index (χ0v) is 22.2. The van der Waals surface area contributed by atoms with Crippen LogP contribution in [0, 0.1) is 18.8 Å². The maximum Gasteiger partial charge on any atom is 0.392 e. The van der Waals surface area contributed by atoms with Crippen LogP contribution in [0.15, 0.2) is 23.1 Å². The molecule has 2 saturated heterocycles. The van der Waals surface area contributed by atoms with E-state index in [9.17, 15) is 18.0 Å². The fourth-order valence-corrected chi connectivity index (χ4v) is 6.99. The van der Waals surface area contributed by atoms with Crippen LogP contribution in [0.3, 0.4) is 0 Å². The lowest BCUT2D eigenvalue weighted by atomic mass is 9.67. The van der Waals surface area contributed by atoms with Crippen molar-refractivity contribution in [3.8, 4) is 0 Å². The number of hydrogen-bond donors (Lipinski definition) is 1. The molecule has 5 fully saturated rings. The van der Waals surface area contributed by atoms with E-state index in [1.54, 1.807) is 12.3 Å². The molecule has 13 heteroatoms. The second-order valence-corrected chi connectivity index (χ2v) is 11.8. The van der Waals surface area contributed by atoms with Gasteiger partial charge in [-0.3, -0.25) is 4.79 Å². The van der Waals surface area contributed by atoms with Crippen LogP contribution in [0.2, 0.25) is 0 Å². The minimum atomic E-state index is -4.24. The van der Waals surface area contributed by atoms with Crippen LogP contribution in [-0.2, 0) is 14.9 Å². The predicted molar refractivity (Wildman–Crippen MR) is 138 cm³/mol. The molecule has 3 aliphatic carbocycles. The molecule has 8 rings (SSSR count). The van der Waals surface area contributed by atoms with Gasteiger partial charge in [-0.15, -0.1) is 0 Å². The van der Waals surface area contributed by atoms with E-state index in [0.717, 1.165) is 21.6 Å². The molecule has 0 amide bonds. The molecule has 0 aromatic carbocycles. The molecule has 2 bridgehead atoms. The SMILES string of the molecule is Cc1nc2nc(N3CC(C)OC(c4ccc(=O)n(N)c4)C3)nc(C34CC(C3)C(C(F)(F)F)C4)c2nc1C1COC1. The molecular weight excluding hydrogens is 527 g/mol. The summed E-state index contributed by atoms with van der Waals surface area (Å²) in [5.74, 6) is 4.56. The maximum atomic E-state index is 13.9. The number of nitrogen functional groups attached to an aromatic ring is 1. The number of nitrogens with zero attached hydrogens (tertiary/aromatic N) is 6. The van der Waals surface area contributed by atoms with E-state index in [0.29, 0.717) is 62.0 Å². The summed E-state index contributed by atoms with van der Waals surface area (Å²) in [6, 6.07) is 3.07. The first-order chi connectivity index (χ1) is 19.0. The number of alkyl halides is 3. The smallest absolute Gasteiger partial charge is 0.380 e. The molecule has 5 heterocycles. The number of fused-ring (bicyclic) bond motifs is 2. The van der Waals surface area contributed by atoms with Gasteiger partial charge in [-0.05, 0) is 45.1 Å². The molecule has 3 saturated carbocycles. The van der Waals surface area contributed by atoms with Gasteiger partial charge in [0, 0.05) is 35.7 Å². The molecule has 0 spiro atoms. The van der Waals surface area contributed by atoms with E-state index >= 15 is 0 Å². The molecule has 3 aromatic heterocycles. The molecule has 212 valence electrons. The van der Waals surface area contributed by atoms with E-state index in [1.165, 1.54) is 6.07 Å². The second-order valence-electron chi connectivity index (χ2n) is 11.8. The molecule has 40 heavy (non-hydrogen) atoms. The Hall–Kier alpha value is -3.32. The number of hydrogen-bond acceptors (Lipinski definition) is 9. The van der Waals surface area contributed by atoms with Crippen molar-refractivity contribution < 1.29 is 22.6 Å². The van der Waals surface area contributed by atoms with Gasteiger partial charge < -0.3 is 20.2 Å². The van der Waals surface area contributed by atoms with Gasteiger partial charge in [0.1, 0.15) is 11.6 Å². The third kappa shape index (κ3) is 4.04. The monoisotopic (exact) mass is 557 g/mol. The van der Waals surface area contributed by atoms with Gasteiger partial charge >= 0.3 is 6.18 Å². The summed E-state index contributed by atoms with van der Waals surface area (Å²) in [6.07, 6.45) is -2.45. The van der Waals surface area contributed by atoms with Crippen molar-refractivity contribution in [3.63, 3.8) is 0 Å². The summed E-state index contributed by atoms with van der Waals surface area (Å²) in [5.41, 5.74) is 2.67. The number of anilines is 1. The van der Waals surface area contributed by atoms with Crippen molar-refractivity contribution in [1.29, 1.82) is 0 Å². The van der Waals surface area contributed by atoms with Gasteiger partial charge in [0.25, 0.3) is 5.56 Å². The number of aryl methyl sites for hydroxylation is 1. The third-order valence-corrected chi connectivity index (χ3v) is 9.04. The highest BCUT2D eigenvalue weighted by molar-refractivity contribution is 5.76. The third-order valence-electron chi connectivity index (χ3n) is 9.04. The average molecular weight is 558 g/mol. The highest BCUT2D eigenvalue weighted by atomic mass is 19.4. The maximum absolute atomic E-state index is 13.9. The van der Waals surface area contributed by atoms with Crippen molar-refractivity contribution >= 4 is 17.1 Å². The van der Waals surface area contributed by atoms with Crippen LogP contribution in [0.1, 0.15) is 60.9 Å². The van der Waals surface area contributed by atoms with Crippen molar-refractivity contribution in [3.05, 3.63) is 51.3 Å². The standard InChI is InChI=1S/C27H30F3N7O3/c1-13-8-36(10-19(40-13)15-3-4-20(38)37(31)9-15)25-34-23(26-5-16(6-26)18(7-26)27(28,29)30)22-24(35-25)32-14(2)21(33-22)17-11-39-12-17/h3-4,9,13,16-19H,5-8,10-12,31H2,1-2H3. The second kappa shape index (κ2) is 8.84. The summed E-state index contributed by atoms with van der Waals surface area (Å²) < 4.78 is 54.1. The molecular formula is C27H30F3N7O3. The molecule has 0 radical (unpaired) electrons. The summed E-state index contributed by atoms with van der Waals surface area (Å²) in [5, 5.41) is 0. The first-order valence-corrected chi connectivity index (χ1v) is 13.6. The zero-order chi connectivity index (χ0) is 28.0. The van der Waals surface area contributed by atoms with Gasteiger partial charge in [-0.2, -0.15) is 18.2 Å². The van der Waals surface area contributed by atoms with Crippen molar-refractivity contribution in [2.75, 3.05) is 37.0 Å². The Kier molecular flexibility index (Phi) is 5.66. The van der Waals surface area contributed by atoms with Gasteiger partial charge in [-0.1, -0.05) is 0 Å². The highest BCUT2D eigenvalue weighted by Crippen LogP contribution is 2.66. The number of nitrogens with two attached hydrogens (primary N) is 1. The van der Waals surface area contributed by atoms with E-state index in [-0.39, 0.29) is 24.0 Å². The van der Waals surface area contributed by atoms with Crippen LogP contribution in [0.4, 0.5) is 19.1 Å². The van der Waals surface area contributed by atoms with Gasteiger partial charge in [-0.25, -0.2) is 19.6 Å².